The first kappa shape index (κ1) is 11.8. The second-order valence-corrected chi connectivity index (χ2v) is 4.94. The van der Waals surface area contributed by atoms with Gasteiger partial charge in [-0.15, -0.1) is 0 Å². The normalized spacial score (nSPS) is 11.0. The fraction of sp³-hybridized carbons (Fsp3) is 0.400. The summed E-state index contributed by atoms with van der Waals surface area (Å²) in [5, 5.41) is 0.648. The van der Waals surface area contributed by atoms with E-state index in [4.69, 9.17) is 5.73 Å². The van der Waals surface area contributed by atoms with E-state index >= 15 is 0 Å². The minimum absolute atomic E-state index is 0.231. The second kappa shape index (κ2) is 5.13. The van der Waals surface area contributed by atoms with Crippen LogP contribution in [0.4, 0.5) is 5.95 Å². The largest absolute Gasteiger partial charge is 0.368 e. The fourth-order valence-corrected chi connectivity index (χ4v) is 1.95. The molecule has 0 spiro atoms. The number of nitrogens with zero attached hydrogens (tertiary/aromatic N) is 5. The summed E-state index contributed by atoms with van der Waals surface area (Å²) in [5.74, 6) is 2.26. The van der Waals surface area contributed by atoms with Crippen LogP contribution >= 0.6 is 11.8 Å². The second-order valence-electron chi connectivity index (χ2n) is 3.95. The van der Waals surface area contributed by atoms with E-state index in [0.717, 1.165) is 5.75 Å². The molecule has 0 saturated heterocycles. The Morgan fingerprint density at radius 2 is 2.18 bits per heavy atom. The van der Waals surface area contributed by atoms with Gasteiger partial charge in [0.25, 0.3) is 0 Å². The van der Waals surface area contributed by atoms with E-state index in [2.05, 4.69) is 33.8 Å². The summed E-state index contributed by atoms with van der Waals surface area (Å²) < 4.78 is 1.71. The van der Waals surface area contributed by atoms with Crippen molar-refractivity contribution in [3.05, 3.63) is 18.7 Å². The van der Waals surface area contributed by atoms with Crippen LogP contribution in [0.2, 0.25) is 0 Å². The maximum Gasteiger partial charge on any atom is 0.240 e. The van der Waals surface area contributed by atoms with Gasteiger partial charge in [0.15, 0.2) is 5.16 Å². The Kier molecular flexibility index (Phi) is 3.58. The van der Waals surface area contributed by atoms with Gasteiger partial charge >= 0.3 is 0 Å². The summed E-state index contributed by atoms with van der Waals surface area (Å²) in [7, 11) is 0. The topological polar surface area (TPSA) is 82.5 Å². The number of nitrogens with two attached hydrogens (primary N) is 1. The third-order valence-electron chi connectivity index (χ3n) is 1.90. The average molecular weight is 250 g/mol. The van der Waals surface area contributed by atoms with E-state index in [1.54, 1.807) is 35.0 Å². The van der Waals surface area contributed by atoms with Crippen LogP contribution in [0.5, 0.6) is 0 Å². The van der Waals surface area contributed by atoms with Gasteiger partial charge in [-0.3, -0.25) is 4.57 Å². The number of rotatable bonds is 4. The van der Waals surface area contributed by atoms with Crippen LogP contribution in [-0.4, -0.2) is 30.3 Å². The first-order valence-corrected chi connectivity index (χ1v) is 6.26. The van der Waals surface area contributed by atoms with Gasteiger partial charge < -0.3 is 5.73 Å². The van der Waals surface area contributed by atoms with Gasteiger partial charge in [-0.2, -0.15) is 15.0 Å². The van der Waals surface area contributed by atoms with Crippen LogP contribution < -0.4 is 5.73 Å². The number of anilines is 1. The van der Waals surface area contributed by atoms with Gasteiger partial charge in [-0.25, -0.2) is 4.98 Å². The SMILES string of the molecule is CC(C)CSc1nc(N)nc(-n2ccnc2)n1. The summed E-state index contributed by atoms with van der Waals surface area (Å²) >= 11 is 1.58. The van der Waals surface area contributed by atoms with E-state index in [0.29, 0.717) is 17.0 Å². The summed E-state index contributed by atoms with van der Waals surface area (Å²) in [5.41, 5.74) is 5.66. The minimum Gasteiger partial charge on any atom is -0.368 e. The molecule has 17 heavy (non-hydrogen) atoms. The average Bonchev–Trinajstić information content (AvgIpc) is 2.79. The van der Waals surface area contributed by atoms with E-state index < -0.39 is 0 Å². The van der Waals surface area contributed by atoms with Crippen molar-refractivity contribution in [2.75, 3.05) is 11.5 Å². The standard InChI is InChI=1S/C10H14N6S/c1-7(2)5-17-10-14-8(11)13-9(15-10)16-4-3-12-6-16/h3-4,6-7H,5H2,1-2H3,(H2,11,13,14,15). The molecule has 0 fully saturated rings. The Morgan fingerprint density at radius 3 is 2.82 bits per heavy atom. The van der Waals surface area contributed by atoms with Crippen molar-refractivity contribution in [1.82, 2.24) is 24.5 Å². The lowest BCUT2D eigenvalue weighted by atomic mass is 10.3. The Balaban J connectivity index is 2.24. The summed E-state index contributed by atoms with van der Waals surface area (Å²) in [6.45, 7) is 4.29. The molecule has 0 unspecified atom stereocenters. The molecule has 6 nitrogen and oxygen atoms in total. The van der Waals surface area contributed by atoms with Crippen molar-refractivity contribution in [2.24, 2.45) is 5.92 Å². The highest BCUT2D eigenvalue weighted by Gasteiger charge is 2.07. The number of imidazole rings is 1. The van der Waals surface area contributed by atoms with Crippen molar-refractivity contribution in [3.63, 3.8) is 0 Å². The number of hydrogen-bond acceptors (Lipinski definition) is 6. The molecule has 2 heterocycles. The molecule has 0 aliphatic rings. The third-order valence-corrected chi connectivity index (χ3v) is 3.18. The van der Waals surface area contributed by atoms with E-state index in [-0.39, 0.29) is 5.95 Å². The molecule has 2 aromatic heterocycles. The number of nitrogen functional groups attached to an aromatic ring is 1. The molecule has 2 N–H and O–H groups in total. The lowest BCUT2D eigenvalue weighted by molar-refractivity contribution is 0.745. The van der Waals surface area contributed by atoms with Gasteiger partial charge in [0.05, 0.1) is 0 Å². The number of hydrogen-bond donors (Lipinski definition) is 1. The van der Waals surface area contributed by atoms with Gasteiger partial charge in [-0.1, -0.05) is 25.6 Å². The Hall–Kier alpha value is -1.63. The molecule has 0 radical (unpaired) electrons. The van der Waals surface area contributed by atoms with Crippen LogP contribution in [0.15, 0.2) is 23.9 Å². The lowest BCUT2D eigenvalue weighted by Gasteiger charge is -2.06. The van der Waals surface area contributed by atoms with Crippen LogP contribution in [0, 0.1) is 5.92 Å². The molecule has 0 amide bonds. The predicted octanol–water partition coefficient (Wildman–Crippen LogP) is 1.39. The lowest BCUT2D eigenvalue weighted by Crippen LogP contribution is -2.06. The molecular formula is C10H14N6S. The quantitative estimate of drug-likeness (QED) is 0.826. The van der Waals surface area contributed by atoms with Gasteiger partial charge in [0.2, 0.25) is 11.9 Å². The maximum absolute atomic E-state index is 5.66. The van der Waals surface area contributed by atoms with E-state index in [9.17, 15) is 0 Å². The third kappa shape index (κ3) is 3.16. The fourth-order valence-electron chi connectivity index (χ4n) is 1.16. The number of aromatic nitrogens is 5. The van der Waals surface area contributed by atoms with Crippen LogP contribution in [0.1, 0.15) is 13.8 Å². The summed E-state index contributed by atoms with van der Waals surface area (Å²) in [6, 6.07) is 0. The number of thioether (sulfide) groups is 1. The minimum atomic E-state index is 0.231. The van der Waals surface area contributed by atoms with Crippen molar-refractivity contribution < 1.29 is 0 Å². The molecular weight excluding hydrogens is 236 g/mol. The van der Waals surface area contributed by atoms with Crippen LogP contribution in [0.25, 0.3) is 5.95 Å². The predicted molar refractivity (Wildman–Crippen MR) is 66.9 cm³/mol. The van der Waals surface area contributed by atoms with Crippen molar-refractivity contribution >= 4 is 17.7 Å². The highest BCUT2D eigenvalue weighted by atomic mass is 32.2. The molecule has 0 aromatic carbocycles. The zero-order valence-corrected chi connectivity index (χ0v) is 10.6. The maximum atomic E-state index is 5.66. The Labute approximate surface area is 104 Å². The van der Waals surface area contributed by atoms with E-state index in [1.165, 1.54) is 0 Å². The van der Waals surface area contributed by atoms with E-state index in [1.807, 2.05) is 0 Å². The molecule has 2 rings (SSSR count). The Morgan fingerprint density at radius 1 is 1.35 bits per heavy atom. The molecule has 0 saturated carbocycles. The summed E-state index contributed by atoms with van der Waals surface area (Å²) in [6.07, 6.45) is 5.07. The molecule has 0 aliphatic heterocycles. The molecule has 0 bridgehead atoms. The molecule has 0 aliphatic carbocycles. The highest BCUT2D eigenvalue weighted by Crippen LogP contribution is 2.17. The molecule has 2 aromatic rings. The first-order valence-electron chi connectivity index (χ1n) is 5.28. The summed E-state index contributed by atoms with van der Waals surface area (Å²) in [4.78, 5) is 16.4. The van der Waals surface area contributed by atoms with Crippen molar-refractivity contribution in [2.45, 2.75) is 19.0 Å². The molecule has 90 valence electrons. The molecule has 0 atom stereocenters. The van der Waals surface area contributed by atoms with Crippen LogP contribution in [-0.2, 0) is 0 Å². The van der Waals surface area contributed by atoms with Crippen molar-refractivity contribution in [1.29, 1.82) is 0 Å². The van der Waals surface area contributed by atoms with Gasteiger partial charge in [0, 0.05) is 18.1 Å². The smallest absolute Gasteiger partial charge is 0.240 e. The highest BCUT2D eigenvalue weighted by molar-refractivity contribution is 7.99. The van der Waals surface area contributed by atoms with Gasteiger partial charge in [-0.05, 0) is 5.92 Å². The van der Waals surface area contributed by atoms with Crippen molar-refractivity contribution in [3.8, 4) is 5.95 Å². The zero-order valence-electron chi connectivity index (χ0n) is 9.74. The van der Waals surface area contributed by atoms with Gasteiger partial charge in [0.1, 0.15) is 6.33 Å². The zero-order chi connectivity index (χ0) is 12.3. The monoisotopic (exact) mass is 250 g/mol. The molecule has 7 heteroatoms. The Bertz CT molecular complexity index is 482. The first-order chi connectivity index (χ1) is 8.15. The van der Waals surface area contributed by atoms with Crippen LogP contribution in [0.3, 0.4) is 0 Å².